The Labute approximate surface area is 161 Å². The molecule has 6 nitrogen and oxygen atoms in total. The predicted molar refractivity (Wildman–Crippen MR) is 110 cm³/mol. The van der Waals surface area contributed by atoms with Crippen LogP contribution in [0.5, 0.6) is 0 Å². The molecule has 0 aliphatic carbocycles. The maximum atomic E-state index is 10.3. The molecule has 158 valence electrons. The molecule has 0 bridgehead atoms. The molecule has 0 aliphatic heterocycles. The summed E-state index contributed by atoms with van der Waals surface area (Å²) in [7, 11) is -5.84. The van der Waals surface area contributed by atoms with E-state index in [4.69, 9.17) is 19.2 Å². The van der Waals surface area contributed by atoms with Crippen LogP contribution in [0.1, 0.15) is 96.8 Å². The molecule has 0 amide bonds. The third-order valence-corrected chi connectivity index (χ3v) is 4.33. The minimum absolute atomic E-state index is 0.426. The van der Waals surface area contributed by atoms with Gasteiger partial charge in [-0.05, 0) is 32.1 Å². The zero-order valence-corrected chi connectivity index (χ0v) is 18.3. The standard InChI is InChI=1S/C18H37O3P.H3O3P/c1-2-3-4-5-6-7-8-9-10-11-12-13-14-15-16-17-18-21-22(19)20;1-4(2)3/h9-10,22H,2-8,11-18H2,1H3,(H,19,20);4H,(H2,1,2,3)/b10-9-;. The van der Waals surface area contributed by atoms with Gasteiger partial charge in [0, 0.05) is 0 Å². The van der Waals surface area contributed by atoms with Crippen LogP contribution < -0.4 is 0 Å². The smallest absolute Gasteiger partial charge is 0.316 e. The van der Waals surface area contributed by atoms with Crippen molar-refractivity contribution in [2.24, 2.45) is 0 Å². The van der Waals surface area contributed by atoms with E-state index in [2.05, 4.69) is 23.6 Å². The van der Waals surface area contributed by atoms with E-state index < -0.39 is 16.5 Å². The summed E-state index contributed by atoms with van der Waals surface area (Å²) in [5.41, 5.74) is 0. The van der Waals surface area contributed by atoms with Crippen molar-refractivity contribution in [2.75, 3.05) is 6.61 Å². The molecule has 0 spiro atoms. The maximum Gasteiger partial charge on any atom is 0.316 e. The molecular weight excluding hydrogens is 374 g/mol. The predicted octanol–water partition coefficient (Wildman–Crippen LogP) is 5.78. The zero-order chi connectivity index (χ0) is 19.9. The second kappa shape index (κ2) is 25.0. The lowest BCUT2D eigenvalue weighted by Gasteiger charge is -2.01. The Hall–Kier alpha value is 0.0400. The summed E-state index contributed by atoms with van der Waals surface area (Å²) < 4.78 is 23.7. The van der Waals surface area contributed by atoms with Crippen molar-refractivity contribution in [3.8, 4) is 0 Å². The molecular formula is C18H40O6P2. The summed E-state index contributed by atoms with van der Waals surface area (Å²) in [6.07, 6.45) is 22.5. The Balaban J connectivity index is 0. The summed E-state index contributed by atoms with van der Waals surface area (Å²) >= 11 is 0. The van der Waals surface area contributed by atoms with Gasteiger partial charge in [-0.1, -0.05) is 76.9 Å². The molecule has 0 aromatic rings. The van der Waals surface area contributed by atoms with Crippen molar-refractivity contribution >= 4 is 16.5 Å². The lowest BCUT2D eigenvalue weighted by molar-refractivity contribution is 0.273. The van der Waals surface area contributed by atoms with Crippen molar-refractivity contribution in [1.29, 1.82) is 0 Å². The van der Waals surface area contributed by atoms with Crippen LogP contribution in [-0.2, 0) is 13.7 Å². The molecule has 0 saturated heterocycles. The van der Waals surface area contributed by atoms with Crippen molar-refractivity contribution < 1.29 is 28.3 Å². The van der Waals surface area contributed by atoms with Crippen molar-refractivity contribution in [1.82, 2.24) is 0 Å². The first-order valence-electron chi connectivity index (χ1n) is 9.93. The van der Waals surface area contributed by atoms with Crippen LogP contribution in [0.4, 0.5) is 0 Å². The Bertz CT molecular complexity index is 347. The second-order valence-corrected chi connectivity index (χ2v) is 7.72. The van der Waals surface area contributed by atoms with Crippen LogP contribution in [-0.4, -0.2) is 21.3 Å². The summed E-state index contributed by atoms with van der Waals surface area (Å²) in [6, 6.07) is 0. The number of allylic oxidation sites excluding steroid dienone is 2. The Morgan fingerprint density at radius 1 is 0.692 bits per heavy atom. The van der Waals surface area contributed by atoms with E-state index >= 15 is 0 Å². The van der Waals surface area contributed by atoms with E-state index in [9.17, 15) is 4.57 Å². The average Bonchev–Trinajstić information content (AvgIpc) is 2.57. The van der Waals surface area contributed by atoms with Gasteiger partial charge in [-0.15, -0.1) is 0 Å². The first-order valence-corrected chi connectivity index (χ1v) is 12.5. The highest BCUT2D eigenvalue weighted by Crippen LogP contribution is 2.16. The lowest BCUT2D eigenvalue weighted by Crippen LogP contribution is -1.87. The van der Waals surface area contributed by atoms with Gasteiger partial charge in [-0.3, -0.25) is 9.13 Å². The zero-order valence-electron chi connectivity index (χ0n) is 16.3. The monoisotopic (exact) mass is 414 g/mol. The molecule has 1 unspecified atom stereocenters. The second-order valence-electron chi connectivity index (χ2n) is 6.33. The number of hydrogen-bond acceptors (Lipinski definition) is 3. The fourth-order valence-electron chi connectivity index (χ4n) is 2.51. The molecule has 0 radical (unpaired) electrons. The summed E-state index contributed by atoms with van der Waals surface area (Å²) in [5.74, 6) is 0. The van der Waals surface area contributed by atoms with Gasteiger partial charge in [-0.2, -0.15) is 0 Å². The highest BCUT2D eigenvalue weighted by molar-refractivity contribution is 7.32. The minimum Gasteiger partial charge on any atom is -0.326 e. The highest BCUT2D eigenvalue weighted by Gasteiger charge is 1.94. The van der Waals surface area contributed by atoms with E-state index in [1.807, 2.05) is 0 Å². The van der Waals surface area contributed by atoms with E-state index in [0.717, 1.165) is 12.8 Å². The van der Waals surface area contributed by atoms with Gasteiger partial charge >= 0.3 is 16.5 Å². The maximum absolute atomic E-state index is 10.3. The third-order valence-electron chi connectivity index (χ3n) is 3.88. The van der Waals surface area contributed by atoms with E-state index in [1.54, 1.807) is 0 Å². The van der Waals surface area contributed by atoms with Crippen molar-refractivity contribution in [3.05, 3.63) is 12.2 Å². The topological polar surface area (TPSA) is 104 Å². The molecule has 0 rings (SSSR count). The molecule has 0 aromatic carbocycles. The molecule has 0 heterocycles. The number of hydrogen-bond donors (Lipinski definition) is 3. The summed E-state index contributed by atoms with van der Waals surface area (Å²) in [6.45, 7) is 2.69. The third kappa shape index (κ3) is 35.2. The van der Waals surface area contributed by atoms with E-state index in [0.29, 0.717) is 6.61 Å². The van der Waals surface area contributed by atoms with Gasteiger partial charge in [0.25, 0.3) is 0 Å². The van der Waals surface area contributed by atoms with Gasteiger partial charge < -0.3 is 19.2 Å². The van der Waals surface area contributed by atoms with Crippen LogP contribution >= 0.6 is 16.5 Å². The SMILES string of the molecule is CCCCCCCC/C=C\CCCCCCCCO[PH](=O)O.O=[PH](O)O. The van der Waals surface area contributed by atoms with Gasteiger partial charge in [0.05, 0.1) is 6.61 Å². The molecule has 0 saturated carbocycles. The Kier molecular flexibility index (Phi) is 27.2. The first-order chi connectivity index (χ1) is 12.5. The van der Waals surface area contributed by atoms with Crippen LogP contribution in [0.15, 0.2) is 12.2 Å². The Morgan fingerprint density at radius 2 is 1.08 bits per heavy atom. The Morgan fingerprint density at radius 3 is 1.50 bits per heavy atom. The van der Waals surface area contributed by atoms with Gasteiger partial charge in [-0.25, -0.2) is 0 Å². The average molecular weight is 414 g/mol. The van der Waals surface area contributed by atoms with Gasteiger partial charge in [0.2, 0.25) is 0 Å². The minimum atomic E-state index is -3.13. The van der Waals surface area contributed by atoms with Crippen LogP contribution in [0.3, 0.4) is 0 Å². The van der Waals surface area contributed by atoms with Crippen LogP contribution in [0.2, 0.25) is 0 Å². The number of unbranched alkanes of at least 4 members (excludes halogenated alkanes) is 12. The van der Waals surface area contributed by atoms with E-state index in [1.165, 1.54) is 77.0 Å². The molecule has 0 fully saturated rings. The van der Waals surface area contributed by atoms with Gasteiger partial charge in [0.15, 0.2) is 0 Å². The quantitative estimate of drug-likeness (QED) is 0.158. The lowest BCUT2D eigenvalue weighted by atomic mass is 10.1. The summed E-state index contributed by atoms with van der Waals surface area (Å²) in [5, 5.41) is 0. The highest BCUT2D eigenvalue weighted by atomic mass is 31.1. The van der Waals surface area contributed by atoms with Crippen molar-refractivity contribution in [3.63, 3.8) is 0 Å². The molecule has 3 N–H and O–H groups in total. The fourth-order valence-corrected chi connectivity index (χ4v) is 2.83. The molecule has 0 aliphatic rings. The van der Waals surface area contributed by atoms with Crippen LogP contribution in [0, 0.1) is 0 Å². The molecule has 0 aromatic heterocycles. The fraction of sp³-hybridized carbons (Fsp3) is 0.889. The molecule has 1 atom stereocenters. The molecule has 26 heavy (non-hydrogen) atoms. The largest absolute Gasteiger partial charge is 0.326 e. The van der Waals surface area contributed by atoms with E-state index in [-0.39, 0.29) is 0 Å². The summed E-state index contributed by atoms with van der Waals surface area (Å²) in [4.78, 5) is 22.8. The first kappa shape index (κ1) is 28.3. The number of rotatable bonds is 17. The molecule has 8 heteroatoms. The van der Waals surface area contributed by atoms with Crippen LogP contribution in [0.25, 0.3) is 0 Å². The normalized spacial score (nSPS) is 12.3. The van der Waals surface area contributed by atoms with Gasteiger partial charge in [0.1, 0.15) is 0 Å². The van der Waals surface area contributed by atoms with Crippen molar-refractivity contribution in [2.45, 2.75) is 96.8 Å².